The smallest absolute Gasteiger partial charge is 0.407 e. The van der Waals surface area contributed by atoms with Crippen molar-refractivity contribution in [2.75, 3.05) is 6.54 Å². The topological polar surface area (TPSA) is 73.6 Å². The molecule has 1 fully saturated rings. The number of rotatable bonds is 1. The van der Waals surface area contributed by atoms with Crippen LogP contribution in [0.5, 0.6) is 0 Å². The van der Waals surface area contributed by atoms with Crippen LogP contribution in [-0.2, 0) is 4.74 Å². The number of carboxylic acid groups (broad SMARTS) is 1. The van der Waals surface area contributed by atoms with E-state index in [0.717, 1.165) is 5.57 Å². The number of alkyl halides is 3. The Morgan fingerprint density at radius 2 is 2.11 bits per heavy atom. The number of ether oxygens (including phenoxy) is 1. The fourth-order valence-corrected chi connectivity index (χ4v) is 2.05. The molecule has 2 N–H and O–H groups in total. The van der Waals surface area contributed by atoms with Crippen LogP contribution in [0.2, 0.25) is 0 Å². The summed E-state index contributed by atoms with van der Waals surface area (Å²) in [6.07, 6.45) is 0.167. The third-order valence-electron chi connectivity index (χ3n) is 2.98. The molecule has 1 aliphatic heterocycles. The van der Waals surface area contributed by atoms with Crippen molar-refractivity contribution >= 4 is 46.8 Å². The van der Waals surface area contributed by atoms with Gasteiger partial charge < -0.3 is 14.7 Å². The standard InChI is InChI=1S/C11H15Cl3N2O3/c1-6-5-8(3-4-16(6)10(17)18)7(2)19-9(15)11(12,13)14/h6,15H,3-5H2,1-2H3,(H,17,18)/b8-7-,15-9?/t6-/m1/s1. The Balaban J connectivity index is 2.73. The molecule has 8 heteroatoms. The Hall–Kier alpha value is -0.650. The summed E-state index contributed by atoms with van der Waals surface area (Å²) in [6, 6.07) is -0.137. The highest BCUT2D eigenvalue weighted by Crippen LogP contribution is 2.31. The number of nitrogens with zero attached hydrogens (tertiary/aromatic N) is 1. The highest BCUT2D eigenvalue weighted by Gasteiger charge is 2.31. The van der Waals surface area contributed by atoms with Gasteiger partial charge in [0.1, 0.15) is 5.76 Å². The van der Waals surface area contributed by atoms with Crippen molar-refractivity contribution in [3.8, 4) is 0 Å². The predicted octanol–water partition coefficient (Wildman–Crippen LogP) is 3.79. The normalized spacial score (nSPS) is 23.0. The average molecular weight is 330 g/mol. The lowest BCUT2D eigenvalue weighted by molar-refractivity contribution is 0.120. The summed E-state index contributed by atoms with van der Waals surface area (Å²) in [5, 5.41) is 16.5. The summed E-state index contributed by atoms with van der Waals surface area (Å²) in [5.41, 5.74) is 0.934. The molecule has 0 aromatic carbocycles. The Morgan fingerprint density at radius 3 is 2.53 bits per heavy atom. The summed E-state index contributed by atoms with van der Waals surface area (Å²) >= 11 is 16.6. The van der Waals surface area contributed by atoms with Crippen molar-refractivity contribution in [2.45, 2.75) is 36.5 Å². The van der Waals surface area contributed by atoms with Crippen molar-refractivity contribution in [3.05, 3.63) is 11.3 Å². The number of likely N-dealkylation sites (tertiary alicyclic amines) is 1. The fourth-order valence-electron chi connectivity index (χ4n) is 1.93. The van der Waals surface area contributed by atoms with Crippen LogP contribution in [0.1, 0.15) is 26.7 Å². The molecular formula is C11H15Cl3N2O3. The summed E-state index contributed by atoms with van der Waals surface area (Å²) in [7, 11) is 0. The molecule has 5 nitrogen and oxygen atoms in total. The summed E-state index contributed by atoms with van der Waals surface area (Å²) in [5.74, 6) is 0.0315. The summed E-state index contributed by atoms with van der Waals surface area (Å²) < 4.78 is 3.31. The second-order valence-corrected chi connectivity index (χ2v) is 6.65. The van der Waals surface area contributed by atoms with E-state index in [0.29, 0.717) is 25.1 Å². The first-order valence-electron chi connectivity index (χ1n) is 5.64. The van der Waals surface area contributed by atoms with E-state index in [9.17, 15) is 4.79 Å². The maximum atomic E-state index is 10.9. The van der Waals surface area contributed by atoms with Crippen molar-refractivity contribution in [2.24, 2.45) is 0 Å². The maximum absolute atomic E-state index is 10.9. The minimum atomic E-state index is -1.89. The molecule has 0 saturated carbocycles. The number of carbonyl (C=O) groups is 1. The van der Waals surface area contributed by atoms with E-state index in [1.807, 2.05) is 6.92 Å². The van der Waals surface area contributed by atoms with Crippen molar-refractivity contribution < 1.29 is 14.6 Å². The third kappa shape index (κ3) is 4.44. The molecule has 0 spiro atoms. The van der Waals surface area contributed by atoms with E-state index < -0.39 is 15.8 Å². The first kappa shape index (κ1) is 16.4. The number of allylic oxidation sites excluding steroid dienone is 1. The zero-order valence-corrected chi connectivity index (χ0v) is 12.8. The lowest BCUT2D eigenvalue weighted by Gasteiger charge is -2.33. The molecule has 1 aliphatic rings. The Kier molecular flexibility index (Phi) is 5.35. The average Bonchev–Trinajstić information content (AvgIpc) is 2.26. The lowest BCUT2D eigenvalue weighted by atomic mass is 9.97. The fraction of sp³-hybridized carbons (Fsp3) is 0.636. The van der Waals surface area contributed by atoms with Gasteiger partial charge in [-0.25, -0.2) is 4.79 Å². The Labute approximate surface area is 126 Å². The quantitative estimate of drug-likeness (QED) is 0.333. The van der Waals surface area contributed by atoms with Gasteiger partial charge >= 0.3 is 6.09 Å². The van der Waals surface area contributed by atoms with Crippen LogP contribution < -0.4 is 0 Å². The van der Waals surface area contributed by atoms with Crippen LogP contribution in [0.3, 0.4) is 0 Å². The predicted molar refractivity (Wildman–Crippen MR) is 75.2 cm³/mol. The zero-order chi connectivity index (χ0) is 14.8. The molecule has 1 atom stereocenters. The molecule has 0 aliphatic carbocycles. The van der Waals surface area contributed by atoms with E-state index in [1.54, 1.807) is 6.92 Å². The molecular weight excluding hydrogens is 314 g/mol. The van der Waals surface area contributed by atoms with E-state index >= 15 is 0 Å². The SMILES string of the molecule is C/C(OC(=N)C(Cl)(Cl)Cl)=C1\CCN(C(=O)O)[C@H](C)C1. The van der Waals surface area contributed by atoms with Crippen molar-refractivity contribution in [1.82, 2.24) is 4.90 Å². The van der Waals surface area contributed by atoms with Crippen LogP contribution in [0.4, 0.5) is 4.79 Å². The molecule has 1 saturated heterocycles. The number of halogens is 3. The van der Waals surface area contributed by atoms with E-state index in [2.05, 4.69) is 0 Å². The number of hydrogen-bond acceptors (Lipinski definition) is 3. The minimum Gasteiger partial charge on any atom is -0.465 e. The summed E-state index contributed by atoms with van der Waals surface area (Å²) in [4.78, 5) is 12.3. The monoisotopic (exact) mass is 328 g/mol. The molecule has 1 amide bonds. The maximum Gasteiger partial charge on any atom is 0.407 e. The van der Waals surface area contributed by atoms with E-state index in [1.165, 1.54) is 4.90 Å². The molecule has 1 heterocycles. The van der Waals surface area contributed by atoms with Gasteiger partial charge in [0.25, 0.3) is 3.79 Å². The molecule has 0 aromatic rings. The number of hydrogen-bond donors (Lipinski definition) is 2. The van der Waals surface area contributed by atoms with Crippen LogP contribution in [0.25, 0.3) is 0 Å². The highest BCUT2D eigenvalue weighted by molar-refractivity contribution is 6.76. The minimum absolute atomic E-state index is 0.137. The highest BCUT2D eigenvalue weighted by atomic mass is 35.6. The van der Waals surface area contributed by atoms with Gasteiger partial charge in [-0.05, 0) is 32.3 Å². The van der Waals surface area contributed by atoms with E-state index in [-0.39, 0.29) is 6.04 Å². The van der Waals surface area contributed by atoms with Gasteiger partial charge in [-0.2, -0.15) is 0 Å². The molecule has 0 bridgehead atoms. The largest absolute Gasteiger partial charge is 0.465 e. The molecule has 108 valence electrons. The van der Waals surface area contributed by atoms with Gasteiger partial charge in [-0.3, -0.25) is 5.41 Å². The van der Waals surface area contributed by atoms with Crippen molar-refractivity contribution in [3.63, 3.8) is 0 Å². The van der Waals surface area contributed by atoms with Crippen LogP contribution in [0, 0.1) is 5.41 Å². The third-order valence-corrected chi connectivity index (χ3v) is 3.50. The van der Waals surface area contributed by atoms with Crippen LogP contribution >= 0.6 is 34.8 Å². The van der Waals surface area contributed by atoms with Crippen LogP contribution in [0.15, 0.2) is 11.3 Å². The Bertz CT molecular complexity index is 418. The lowest BCUT2D eigenvalue weighted by Crippen LogP contribution is -2.42. The van der Waals surface area contributed by atoms with Gasteiger partial charge in [-0.15, -0.1) is 0 Å². The van der Waals surface area contributed by atoms with Crippen LogP contribution in [-0.4, -0.2) is 38.4 Å². The second kappa shape index (κ2) is 6.20. The van der Waals surface area contributed by atoms with Gasteiger partial charge in [0.05, 0.1) is 0 Å². The number of amides is 1. The Morgan fingerprint density at radius 1 is 1.53 bits per heavy atom. The number of nitrogens with one attached hydrogen (secondary N) is 1. The van der Waals surface area contributed by atoms with Crippen molar-refractivity contribution in [1.29, 1.82) is 5.41 Å². The molecule has 1 rings (SSSR count). The molecule has 0 aromatic heterocycles. The first-order chi connectivity index (χ1) is 8.62. The first-order valence-corrected chi connectivity index (χ1v) is 6.78. The summed E-state index contributed by atoms with van der Waals surface area (Å²) in [6.45, 7) is 3.90. The zero-order valence-electron chi connectivity index (χ0n) is 10.5. The van der Waals surface area contributed by atoms with E-state index in [4.69, 9.17) is 50.1 Å². The molecule has 0 radical (unpaired) electrons. The van der Waals surface area contributed by atoms with Gasteiger partial charge in [0, 0.05) is 12.6 Å². The second-order valence-electron chi connectivity index (χ2n) is 4.37. The molecule has 19 heavy (non-hydrogen) atoms. The van der Waals surface area contributed by atoms with Gasteiger partial charge in [-0.1, -0.05) is 34.8 Å². The van der Waals surface area contributed by atoms with Gasteiger partial charge in [0.15, 0.2) is 0 Å². The number of piperidine rings is 1. The van der Waals surface area contributed by atoms with Gasteiger partial charge in [0.2, 0.25) is 5.90 Å². The molecule has 0 unspecified atom stereocenters.